The predicted molar refractivity (Wildman–Crippen MR) is 542 cm³/mol. The summed E-state index contributed by atoms with van der Waals surface area (Å²) in [5.41, 5.74) is 30.6. The summed E-state index contributed by atoms with van der Waals surface area (Å²) in [5.74, 6) is -22.3. The Labute approximate surface area is 861 Å². The van der Waals surface area contributed by atoms with Crippen LogP contribution in [0.2, 0.25) is 0 Å². The number of phenolic OH excluding ortho intramolecular Hbond substituents is 1. The zero-order chi connectivity index (χ0) is 108. The molecule has 0 spiro atoms. The lowest BCUT2D eigenvalue weighted by Gasteiger charge is -2.32. The van der Waals surface area contributed by atoms with Gasteiger partial charge >= 0.3 is 12.1 Å². The first-order chi connectivity index (χ1) is 70.4. The van der Waals surface area contributed by atoms with E-state index in [2.05, 4.69) is 74.4 Å². The molecule has 1 saturated carbocycles. The van der Waals surface area contributed by atoms with Crippen LogP contribution in [0.4, 0.5) is 13.2 Å². The number of morpholine rings is 1. The van der Waals surface area contributed by atoms with E-state index in [0.717, 1.165) is 53.6 Å². The van der Waals surface area contributed by atoms with Gasteiger partial charge in [-0.3, -0.25) is 91.2 Å². The van der Waals surface area contributed by atoms with Gasteiger partial charge in [-0.05, 0) is 154 Å². The fourth-order valence-corrected chi connectivity index (χ4v) is 18.1. The molecule has 8 rings (SSSR count). The Bertz CT molecular complexity index is 5320. The monoisotopic (exact) mass is 2090 g/mol. The summed E-state index contributed by atoms with van der Waals surface area (Å²) < 4.78 is 49.6. The van der Waals surface area contributed by atoms with Crippen LogP contribution >= 0.6 is 11.8 Å². The number of aliphatic carboxylic acids is 1. The highest BCUT2D eigenvalue weighted by Gasteiger charge is 2.43. The molecular weight excluding hydrogens is 1940 g/mol. The van der Waals surface area contributed by atoms with E-state index in [0.29, 0.717) is 35.6 Å². The maximum absolute atomic E-state index is 15.7. The van der Waals surface area contributed by atoms with Crippen molar-refractivity contribution in [1.29, 1.82) is 0 Å². The zero-order valence-electron chi connectivity index (χ0n) is 84.1. The summed E-state index contributed by atoms with van der Waals surface area (Å²) >= 11 is 0.723. The number of carboxylic acid groups (broad SMARTS) is 1. The lowest BCUT2D eigenvalue weighted by molar-refractivity contribution is -0.143. The zero-order valence-corrected chi connectivity index (χ0v) is 84.9. The van der Waals surface area contributed by atoms with Crippen LogP contribution in [0.1, 0.15) is 159 Å². The number of phenols is 1. The lowest BCUT2D eigenvalue weighted by atomic mass is 9.84. The van der Waals surface area contributed by atoms with Crippen molar-refractivity contribution in [3.05, 3.63) is 161 Å². The summed E-state index contributed by atoms with van der Waals surface area (Å²) in [6.45, 7) is 7.91. The van der Waals surface area contributed by atoms with Gasteiger partial charge in [0.1, 0.15) is 96.4 Å². The Morgan fingerprint density at radius 3 is 1.54 bits per heavy atom. The number of thioether (sulfide) groups is 1. The Balaban J connectivity index is 1.25. The molecule has 5 aromatic carbocycles. The number of aryl methyl sites for hydroxylation is 1. The van der Waals surface area contributed by atoms with Gasteiger partial charge in [0.05, 0.1) is 31.0 Å². The molecule has 2 heterocycles. The molecule has 26 N–H and O–H groups in total. The number of carbonyl (C=O) groups excluding carboxylic acids is 17. The minimum Gasteiger partial charge on any atom is -0.508 e. The van der Waals surface area contributed by atoms with Gasteiger partial charge in [-0.1, -0.05) is 175 Å². The number of likely N-dealkylation sites (N-methyl/N-ethyl adjacent to an activating group) is 1. The highest BCUT2D eigenvalue weighted by atomic mass is 32.2. The molecule has 1 aliphatic carbocycles. The first-order valence-electron chi connectivity index (χ1n) is 49.8. The molecule has 2 saturated heterocycles. The summed E-state index contributed by atoms with van der Waals surface area (Å²) in [4.78, 5) is 268. The van der Waals surface area contributed by atoms with E-state index >= 15 is 38.4 Å². The quantitative estimate of drug-likeness (QED) is 0.0265. The second-order valence-corrected chi connectivity index (χ2v) is 39.2. The molecule has 0 aromatic heterocycles. The number of hydrogen-bond donors (Lipinski definition) is 21. The van der Waals surface area contributed by atoms with Crippen LogP contribution in [0.5, 0.6) is 5.75 Å². The number of carboxylic acids is 1. The number of nitrogens with one attached hydrogen (secondary N) is 14. The van der Waals surface area contributed by atoms with Crippen LogP contribution in [-0.2, 0) is 123 Å². The number of ether oxygens (including phenoxy) is 1. The SMILES string of the molecule is CC(C)C[C@H]1NC(=O)[C@H](C)N(C)C(=O)C(CCC(N)=O)NC(=O)C(Cc2ccc(-c3ccccc3)cc2)NC(=O)[C@H](CCc2ccccc2)NC(=O)C(Cc2cccc(C(F)(F)F)c2)NC(=O)[C@H](CC(=O)O)NC(=O)C(Cc2ccc(O)cc2)NC(=O)C(CN2CCOCC2)NC(=O)CSC[C@@H](C(=O)N[C@@H](CCN)C(N)=O)NC(=O)C(CCCN)NC(=O)C(C(C)C)NC(=O)C(CC2CCCCC2)NC(=O)[C@H](CCN)NC1=O. The van der Waals surface area contributed by atoms with Crippen LogP contribution in [-0.4, -0.2) is 288 Å². The van der Waals surface area contributed by atoms with Crippen molar-refractivity contribution in [3.63, 3.8) is 0 Å². The molecule has 808 valence electrons. The number of primary amides is 2. The van der Waals surface area contributed by atoms with E-state index in [1.807, 2.05) is 30.3 Å². The number of halogens is 3. The van der Waals surface area contributed by atoms with E-state index in [-0.39, 0.29) is 133 Å². The molecule has 3 fully saturated rings. The molecule has 42 nitrogen and oxygen atoms in total. The number of rotatable bonds is 32. The number of hydrogen-bond acceptors (Lipinski definition) is 25. The van der Waals surface area contributed by atoms with Crippen molar-refractivity contribution < 1.29 is 114 Å². The Morgan fingerprint density at radius 1 is 0.500 bits per heavy atom. The van der Waals surface area contributed by atoms with Crippen LogP contribution < -0.4 is 103 Å². The average molecular weight is 2090 g/mol. The van der Waals surface area contributed by atoms with Crippen LogP contribution in [0.3, 0.4) is 0 Å². The highest BCUT2D eigenvalue weighted by molar-refractivity contribution is 8.00. The summed E-state index contributed by atoms with van der Waals surface area (Å²) in [6.07, 6.45) is -6.42. The fraction of sp³-hybridized carbons (Fsp3) is 0.529. The number of amides is 17. The normalized spacial score (nSPS) is 23.9. The molecular formula is C102H142F3N21O21S. The second-order valence-electron chi connectivity index (χ2n) is 38.2. The first-order valence-corrected chi connectivity index (χ1v) is 51.0. The van der Waals surface area contributed by atoms with E-state index in [4.69, 9.17) is 33.4 Å². The van der Waals surface area contributed by atoms with E-state index in [9.17, 15) is 71.3 Å². The standard InChI is InChI=1S/C102H142F3N21O21S/c1-58(2)48-75-92(137)114-73(40-43-108)91(136)119-78(50-62-20-12-8-13-21-62)97(142)124-86(59(3)4)100(145)115-71(26-17-41-106)89(134)123-82(99(144)112-70(39-42-107)87(110)132)56-148-57-84(129)111-81(55-126-44-46-147-47-45-126)98(143)121-77(52-64-29-34-69(127)35-30-64)95(140)122-80(54-85(130)131)96(141)120-79(53-65-22-16-25-68(49-65)102(103,104)105)93(138)113-72(36-31-61-18-10-7-11-19-61)90(135)118-76(51-63-27-32-67(33-28-63)66-23-14-9-15-24-66)94(139)116-74(37-38-83(109)128)101(146)125(6)60(5)88(133)117-75/h7,9-11,14-16,18-19,22-25,27-30,32-35,49,58-60,62,70-82,86,127H,8,12-13,17,20-21,26,31,36-48,50-57,106-108H2,1-6H3,(H2,109,128)(H2,110,132)(H,111,129)(H,112,144)(H,113,138)(H,114,137)(H,115,145)(H,116,139)(H,117,133)(H,118,135)(H,119,136)(H,120,141)(H,121,143)(H,122,140)(H,123,134)(H,124,142)(H,130,131)/t60-,70-,71?,72-,73-,74?,75+,76?,77?,78?,79?,80-,81?,82-,86?/m0/s1. The maximum atomic E-state index is 15.7. The number of nitrogens with two attached hydrogens (primary N) is 5. The Morgan fingerprint density at radius 2 is 0.986 bits per heavy atom. The Kier molecular flexibility index (Phi) is 48.4. The van der Waals surface area contributed by atoms with Gasteiger partial charge in [-0.25, -0.2) is 0 Å². The van der Waals surface area contributed by atoms with Crippen molar-refractivity contribution in [2.24, 2.45) is 46.4 Å². The average Bonchev–Trinajstić information content (AvgIpc) is 1.07. The molecule has 148 heavy (non-hydrogen) atoms. The van der Waals surface area contributed by atoms with Crippen molar-refractivity contribution in [2.45, 2.75) is 253 Å². The summed E-state index contributed by atoms with van der Waals surface area (Å²) in [7, 11) is 1.19. The summed E-state index contributed by atoms with van der Waals surface area (Å²) in [5, 5.41) is 57.6. The molecule has 2 aliphatic heterocycles. The van der Waals surface area contributed by atoms with Gasteiger partial charge in [-0.15, -0.1) is 11.8 Å². The molecule has 3 aliphatic rings. The van der Waals surface area contributed by atoms with Crippen molar-refractivity contribution >= 4 is 118 Å². The van der Waals surface area contributed by atoms with Crippen molar-refractivity contribution in [3.8, 4) is 16.9 Å². The third-order valence-electron chi connectivity index (χ3n) is 25.7. The largest absolute Gasteiger partial charge is 0.508 e. The highest BCUT2D eigenvalue weighted by Crippen LogP contribution is 2.32. The second kappa shape index (κ2) is 59.9. The number of aromatic hydroxyl groups is 1. The van der Waals surface area contributed by atoms with Gasteiger partial charge in [0, 0.05) is 58.1 Å². The fourth-order valence-electron chi connectivity index (χ4n) is 17.2. The predicted octanol–water partition coefficient (Wildman–Crippen LogP) is -0.214. The van der Waals surface area contributed by atoms with E-state index in [1.165, 1.54) is 44.3 Å². The third-order valence-corrected chi connectivity index (χ3v) is 26.7. The minimum atomic E-state index is -5.00. The molecule has 0 bridgehead atoms. The molecule has 46 heteroatoms. The van der Waals surface area contributed by atoms with Gasteiger partial charge in [0.25, 0.3) is 0 Å². The topological polar surface area (TPSA) is 662 Å². The number of alkyl halides is 3. The number of carbonyl (C=O) groups is 18. The van der Waals surface area contributed by atoms with Crippen LogP contribution in [0, 0.1) is 17.8 Å². The van der Waals surface area contributed by atoms with Crippen LogP contribution in [0.25, 0.3) is 11.1 Å². The van der Waals surface area contributed by atoms with Crippen molar-refractivity contribution in [2.75, 3.05) is 71.0 Å². The van der Waals surface area contributed by atoms with Gasteiger partial charge in [-0.2, -0.15) is 13.2 Å². The smallest absolute Gasteiger partial charge is 0.416 e. The third kappa shape index (κ3) is 39.5. The molecule has 8 unspecified atom stereocenters. The maximum Gasteiger partial charge on any atom is 0.416 e. The molecule has 0 radical (unpaired) electrons. The number of nitrogens with zero attached hydrogens (tertiary/aromatic N) is 2. The van der Waals surface area contributed by atoms with E-state index in [1.54, 1.807) is 87.2 Å². The minimum absolute atomic E-state index is 0.0364. The van der Waals surface area contributed by atoms with Gasteiger partial charge in [0.2, 0.25) is 100 Å². The first kappa shape index (κ1) is 120. The molecule has 5 aromatic rings. The van der Waals surface area contributed by atoms with Crippen molar-refractivity contribution in [1.82, 2.24) is 84.2 Å². The Hall–Kier alpha value is -13.7. The molecule has 17 amide bonds. The van der Waals surface area contributed by atoms with Crippen LogP contribution in [0.15, 0.2) is 133 Å². The van der Waals surface area contributed by atoms with Gasteiger partial charge < -0.3 is 123 Å². The van der Waals surface area contributed by atoms with E-state index < -0.39 is 265 Å². The lowest BCUT2D eigenvalue weighted by Crippen LogP contribution is -2.62. The molecule has 15 atom stereocenters. The number of benzene rings is 5. The summed E-state index contributed by atoms with van der Waals surface area (Å²) in [6, 6.07) is 7.69. The van der Waals surface area contributed by atoms with Gasteiger partial charge in [0.15, 0.2) is 0 Å².